The lowest BCUT2D eigenvalue weighted by Crippen LogP contribution is -2.15. The van der Waals surface area contributed by atoms with Crippen molar-refractivity contribution >= 4 is 11.6 Å². The summed E-state index contributed by atoms with van der Waals surface area (Å²) < 4.78 is 7.60. The van der Waals surface area contributed by atoms with E-state index in [9.17, 15) is 4.79 Å². The molecule has 0 radical (unpaired) electrons. The minimum Gasteiger partial charge on any atom is -0.457 e. The van der Waals surface area contributed by atoms with E-state index in [0.29, 0.717) is 6.42 Å². The van der Waals surface area contributed by atoms with Gasteiger partial charge >= 0.3 is 0 Å². The summed E-state index contributed by atoms with van der Waals surface area (Å²) in [5.41, 5.74) is 4.81. The molecular formula is C21H23N3O2. The minimum absolute atomic E-state index is 0.0589. The first kappa shape index (κ1) is 17.7. The van der Waals surface area contributed by atoms with E-state index < -0.39 is 0 Å². The van der Waals surface area contributed by atoms with Crippen LogP contribution < -0.4 is 10.1 Å². The topological polar surface area (TPSA) is 56.1 Å². The molecule has 0 fully saturated rings. The Morgan fingerprint density at radius 1 is 1.00 bits per heavy atom. The third-order valence-corrected chi connectivity index (χ3v) is 4.39. The largest absolute Gasteiger partial charge is 0.457 e. The number of anilines is 1. The van der Waals surface area contributed by atoms with E-state index in [0.717, 1.165) is 34.1 Å². The molecule has 1 amide bonds. The summed E-state index contributed by atoms with van der Waals surface area (Å²) in [5.74, 6) is 1.46. The zero-order valence-corrected chi connectivity index (χ0v) is 15.5. The number of rotatable bonds is 5. The van der Waals surface area contributed by atoms with Crippen LogP contribution in [0.2, 0.25) is 0 Å². The second kappa shape index (κ2) is 7.44. The monoisotopic (exact) mass is 349 g/mol. The third kappa shape index (κ3) is 4.11. The second-order valence-corrected chi connectivity index (χ2v) is 6.44. The number of carbonyl (C=O) groups excluding carboxylic acids is 1. The van der Waals surface area contributed by atoms with Crippen LogP contribution in [-0.4, -0.2) is 15.7 Å². The molecule has 3 aromatic rings. The highest BCUT2D eigenvalue weighted by Gasteiger charge is 2.13. The van der Waals surface area contributed by atoms with Gasteiger partial charge in [-0.15, -0.1) is 0 Å². The first-order chi connectivity index (χ1) is 12.4. The molecule has 0 aliphatic carbocycles. The quantitative estimate of drug-likeness (QED) is 0.746. The summed E-state index contributed by atoms with van der Waals surface area (Å²) in [6.07, 6.45) is 0.313. The number of aromatic nitrogens is 2. The average molecular weight is 349 g/mol. The molecule has 0 aliphatic rings. The maximum Gasteiger partial charge on any atom is 0.228 e. The van der Waals surface area contributed by atoms with Crippen LogP contribution in [0.5, 0.6) is 11.5 Å². The van der Waals surface area contributed by atoms with Gasteiger partial charge < -0.3 is 10.1 Å². The Morgan fingerprint density at radius 3 is 2.12 bits per heavy atom. The van der Waals surface area contributed by atoms with E-state index in [1.54, 1.807) is 4.68 Å². The van der Waals surface area contributed by atoms with Crippen molar-refractivity contribution < 1.29 is 9.53 Å². The van der Waals surface area contributed by atoms with Gasteiger partial charge in [0.15, 0.2) is 0 Å². The van der Waals surface area contributed by atoms with Gasteiger partial charge in [-0.2, -0.15) is 5.10 Å². The summed E-state index contributed by atoms with van der Waals surface area (Å²) in [4.78, 5) is 12.3. The number of ether oxygens (including phenoxy) is 1. The molecule has 0 atom stereocenters. The predicted molar refractivity (Wildman–Crippen MR) is 103 cm³/mol. The number of nitrogens with one attached hydrogen (secondary N) is 1. The van der Waals surface area contributed by atoms with Crippen LogP contribution in [0, 0.1) is 20.8 Å². The molecule has 0 aliphatic heterocycles. The number of amides is 1. The Morgan fingerprint density at radius 2 is 1.58 bits per heavy atom. The predicted octanol–water partition coefficient (Wildman–Crippen LogP) is 4.32. The van der Waals surface area contributed by atoms with Gasteiger partial charge in [-0.25, -0.2) is 0 Å². The molecule has 0 spiro atoms. The van der Waals surface area contributed by atoms with Gasteiger partial charge in [0.25, 0.3) is 0 Å². The van der Waals surface area contributed by atoms with Crippen molar-refractivity contribution in [2.24, 2.45) is 7.05 Å². The van der Waals surface area contributed by atoms with Crippen molar-refractivity contribution in [3.8, 4) is 11.5 Å². The summed E-state index contributed by atoms with van der Waals surface area (Å²) in [6, 6.07) is 15.2. The molecule has 5 heteroatoms. The fourth-order valence-electron chi connectivity index (χ4n) is 2.79. The summed E-state index contributed by atoms with van der Waals surface area (Å²) in [6.45, 7) is 5.93. The summed E-state index contributed by atoms with van der Waals surface area (Å²) in [7, 11) is 1.89. The molecule has 26 heavy (non-hydrogen) atoms. The molecular weight excluding hydrogens is 326 g/mol. The van der Waals surface area contributed by atoms with Crippen molar-refractivity contribution in [1.82, 2.24) is 9.78 Å². The van der Waals surface area contributed by atoms with Crippen molar-refractivity contribution in [2.75, 3.05) is 5.32 Å². The molecule has 1 N–H and O–H groups in total. The number of hydrogen-bond donors (Lipinski definition) is 1. The van der Waals surface area contributed by atoms with Gasteiger partial charge in [-0.1, -0.05) is 17.7 Å². The van der Waals surface area contributed by atoms with E-state index in [2.05, 4.69) is 10.4 Å². The number of carbonyl (C=O) groups is 1. The van der Waals surface area contributed by atoms with E-state index in [-0.39, 0.29) is 5.91 Å². The van der Waals surface area contributed by atoms with Crippen molar-refractivity contribution in [3.05, 3.63) is 71.0 Å². The Hall–Kier alpha value is -3.08. The van der Waals surface area contributed by atoms with E-state index >= 15 is 0 Å². The summed E-state index contributed by atoms with van der Waals surface area (Å²) in [5, 5.41) is 7.27. The normalized spacial score (nSPS) is 10.6. The van der Waals surface area contributed by atoms with Gasteiger partial charge in [-0.05, 0) is 57.2 Å². The van der Waals surface area contributed by atoms with Crippen molar-refractivity contribution in [1.29, 1.82) is 0 Å². The Kier molecular flexibility index (Phi) is 5.07. The number of nitrogens with zero attached hydrogens (tertiary/aromatic N) is 2. The second-order valence-electron chi connectivity index (χ2n) is 6.44. The lowest BCUT2D eigenvalue weighted by Gasteiger charge is -2.09. The Labute approximate surface area is 153 Å². The fourth-order valence-corrected chi connectivity index (χ4v) is 2.79. The standard InChI is InChI=1S/C21H23N3O2/c1-14-5-9-18(10-6-14)26-19-11-7-17(8-12-19)22-21(25)13-20-15(2)23-24(4)16(20)3/h5-12H,13H2,1-4H3,(H,22,25). The van der Waals surface area contributed by atoms with E-state index in [4.69, 9.17) is 4.74 Å². The Bertz CT molecular complexity index is 910. The smallest absolute Gasteiger partial charge is 0.228 e. The van der Waals surface area contributed by atoms with Gasteiger partial charge in [0.05, 0.1) is 12.1 Å². The molecule has 1 heterocycles. The van der Waals surface area contributed by atoms with Gasteiger partial charge in [0.2, 0.25) is 5.91 Å². The SMILES string of the molecule is Cc1ccc(Oc2ccc(NC(=O)Cc3c(C)nn(C)c3C)cc2)cc1. The molecule has 2 aromatic carbocycles. The zero-order chi connectivity index (χ0) is 18.7. The van der Waals surface area contributed by atoms with Crippen molar-refractivity contribution in [3.63, 3.8) is 0 Å². The highest BCUT2D eigenvalue weighted by atomic mass is 16.5. The van der Waals surface area contributed by atoms with Gasteiger partial charge in [-0.3, -0.25) is 9.48 Å². The molecule has 5 nitrogen and oxygen atoms in total. The van der Waals surface area contributed by atoms with Gasteiger partial charge in [0.1, 0.15) is 11.5 Å². The number of hydrogen-bond acceptors (Lipinski definition) is 3. The van der Waals surface area contributed by atoms with E-state index in [1.807, 2.05) is 76.3 Å². The average Bonchev–Trinajstić information content (AvgIpc) is 2.85. The molecule has 134 valence electrons. The Balaban J connectivity index is 1.61. The highest BCUT2D eigenvalue weighted by molar-refractivity contribution is 5.92. The van der Waals surface area contributed by atoms with Crippen molar-refractivity contribution in [2.45, 2.75) is 27.2 Å². The maximum absolute atomic E-state index is 12.3. The van der Waals surface area contributed by atoms with Crippen LogP contribution in [0.15, 0.2) is 48.5 Å². The zero-order valence-electron chi connectivity index (χ0n) is 15.5. The summed E-state index contributed by atoms with van der Waals surface area (Å²) >= 11 is 0. The number of benzene rings is 2. The molecule has 3 rings (SSSR count). The van der Waals surface area contributed by atoms with Crippen LogP contribution in [0.25, 0.3) is 0 Å². The lowest BCUT2D eigenvalue weighted by molar-refractivity contribution is -0.115. The van der Waals surface area contributed by atoms with Crippen LogP contribution in [0.4, 0.5) is 5.69 Å². The first-order valence-corrected chi connectivity index (χ1v) is 8.56. The molecule has 1 aromatic heterocycles. The molecule has 0 bridgehead atoms. The first-order valence-electron chi connectivity index (χ1n) is 8.56. The van der Waals surface area contributed by atoms with Crippen LogP contribution >= 0.6 is 0 Å². The van der Waals surface area contributed by atoms with Crippen LogP contribution in [0.3, 0.4) is 0 Å². The third-order valence-electron chi connectivity index (χ3n) is 4.39. The fraction of sp³-hybridized carbons (Fsp3) is 0.238. The van der Waals surface area contributed by atoms with Gasteiger partial charge in [0, 0.05) is 24.0 Å². The molecule has 0 unspecified atom stereocenters. The van der Waals surface area contributed by atoms with Crippen LogP contribution in [0.1, 0.15) is 22.5 Å². The molecule has 0 saturated carbocycles. The molecule has 0 saturated heterocycles. The highest BCUT2D eigenvalue weighted by Crippen LogP contribution is 2.23. The van der Waals surface area contributed by atoms with E-state index in [1.165, 1.54) is 5.56 Å². The maximum atomic E-state index is 12.3. The number of aryl methyl sites for hydroxylation is 3. The minimum atomic E-state index is -0.0589. The van der Waals surface area contributed by atoms with Crippen LogP contribution in [-0.2, 0) is 18.3 Å². The lowest BCUT2D eigenvalue weighted by atomic mass is 10.1.